The minimum Gasteiger partial charge on any atom is -0.478 e. The Hall–Kier alpha value is -2.88. The highest BCUT2D eigenvalue weighted by Crippen LogP contribution is 2.26. The van der Waals surface area contributed by atoms with Crippen LogP contribution in [0.5, 0.6) is 0 Å². The first-order valence-electron chi connectivity index (χ1n) is 10.3. The fourth-order valence-electron chi connectivity index (χ4n) is 3.99. The number of anilines is 1. The highest BCUT2D eigenvalue weighted by atomic mass is 16.4. The first-order chi connectivity index (χ1) is 14.4. The molecule has 0 saturated carbocycles. The van der Waals surface area contributed by atoms with Crippen molar-refractivity contribution in [3.63, 3.8) is 0 Å². The van der Waals surface area contributed by atoms with Gasteiger partial charge in [-0.05, 0) is 56.5 Å². The number of aromatic carboxylic acids is 1. The van der Waals surface area contributed by atoms with Crippen molar-refractivity contribution in [1.82, 2.24) is 4.90 Å². The van der Waals surface area contributed by atoms with Crippen molar-refractivity contribution in [1.29, 1.82) is 0 Å². The van der Waals surface area contributed by atoms with Gasteiger partial charge in [0.05, 0.1) is 17.7 Å². The maximum Gasteiger partial charge on any atom is 0.335 e. The molecule has 1 heterocycles. The van der Waals surface area contributed by atoms with E-state index in [4.69, 9.17) is 11.7 Å². The maximum atomic E-state index is 11.0. The standard InChI is InChI=1S/C24H29N3O3/c1-25-21-9-5-19(6-10-21)4-3-15-27-16-13-24(30,14-17-27)18-26(2)22-11-7-20(8-12-22)23(28)29/h5-12,30H,3-4,13-18H2,2H3,(H,28,29). The summed E-state index contributed by atoms with van der Waals surface area (Å²) in [5.41, 5.74) is 2.37. The summed E-state index contributed by atoms with van der Waals surface area (Å²) in [6.07, 6.45) is 3.51. The topological polar surface area (TPSA) is 68.4 Å². The van der Waals surface area contributed by atoms with Gasteiger partial charge in [-0.1, -0.05) is 29.8 Å². The van der Waals surface area contributed by atoms with Gasteiger partial charge in [0, 0.05) is 32.4 Å². The molecule has 2 aromatic rings. The van der Waals surface area contributed by atoms with Crippen molar-refractivity contribution in [3.05, 3.63) is 71.1 Å². The van der Waals surface area contributed by atoms with E-state index in [-0.39, 0.29) is 5.56 Å². The van der Waals surface area contributed by atoms with E-state index in [1.54, 1.807) is 24.3 Å². The highest BCUT2D eigenvalue weighted by Gasteiger charge is 2.33. The Kier molecular flexibility index (Phi) is 7.09. The van der Waals surface area contributed by atoms with Crippen LogP contribution in [0.15, 0.2) is 48.5 Å². The zero-order valence-corrected chi connectivity index (χ0v) is 17.4. The number of likely N-dealkylation sites (N-methyl/N-ethyl adjacent to an activating group) is 1. The maximum absolute atomic E-state index is 11.0. The molecule has 0 atom stereocenters. The summed E-state index contributed by atoms with van der Waals surface area (Å²) in [6, 6.07) is 14.6. The molecule has 1 saturated heterocycles. The van der Waals surface area contributed by atoms with Crippen LogP contribution in [0.4, 0.5) is 11.4 Å². The second kappa shape index (κ2) is 9.75. The van der Waals surface area contributed by atoms with Gasteiger partial charge in [0.2, 0.25) is 0 Å². The number of benzene rings is 2. The molecule has 2 aromatic carbocycles. The van der Waals surface area contributed by atoms with Gasteiger partial charge in [0.25, 0.3) is 0 Å². The highest BCUT2D eigenvalue weighted by molar-refractivity contribution is 5.88. The monoisotopic (exact) mass is 407 g/mol. The molecule has 0 aliphatic carbocycles. The van der Waals surface area contributed by atoms with Crippen LogP contribution in [0.1, 0.15) is 35.2 Å². The third kappa shape index (κ3) is 5.82. The minimum absolute atomic E-state index is 0.265. The lowest BCUT2D eigenvalue weighted by Gasteiger charge is -2.40. The number of nitrogens with zero attached hydrogens (tertiary/aromatic N) is 3. The van der Waals surface area contributed by atoms with Gasteiger partial charge in [-0.3, -0.25) is 0 Å². The van der Waals surface area contributed by atoms with E-state index < -0.39 is 11.6 Å². The number of aryl methyl sites for hydroxylation is 1. The summed E-state index contributed by atoms with van der Waals surface area (Å²) < 4.78 is 0. The molecule has 3 rings (SSSR count). The van der Waals surface area contributed by atoms with Crippen LogP contribution in [0.25, 0.3) is 4.85 Å². The number of rotatable bonds is 8. The lowest BCUT2D eigenvalue weighted by atomic mass is 9.90. The molecule has 1 fully saturated rings. The number of carboxylic acid groups (broad SMARTS) is 1. The summed E-state index contributed by atoms with van der Waals surface area (Å²) in [7, 11) is 1.93. The first kappa shape index (κ1) is 21.8. The fraction of sp³-hybridized carbons (Fsp3) is 0.417. The number of piperidine rings is 1. The first-order valence-corrected chi connectivity index (χ1v) is 10.3. The zero-order valence-electron chi connectivity index (χ0n) is 17.4. The minimum atomic E-state index is -0.935. The number of carboxylic acids is 1. The van der Waals surface area contributed by atoms with Gasteiger partial charge < -0.3 is 20.0 Å². The molecule has 158 valence electrons. The molecule has 0 radical (unpaired) electrons. The van der Waals surface area contributed by atoms with E-state index in [0.29, 0.717) is 12.2 Å². The van der Waals surface area contributed by atoms with Crippen LogP contribution in [0.3, 0.4) is 0 Å². The van der Waals surface area contributed by atoms with Crippen molar-refractivity contribution in [3.8, 4) is 0 Å². The number of hydrogen-bond donors (Lipinski definition) is 2. The molecule has 6 heteroatoms. The normalized spacial score (nSPS) is 16.0. The third-order valence-electron chi connectivity index (χ3n) is 5.88. The molecule has 30 heavy (non-hydrogen) atoms. The van der Waals surface area contributed by atoms with E-state index in [1.165, 1.54) is 5.56 Å². The Bertz CT molecular complexity index is 879. The van der Waals surface area contributed by atoms with E-state index in [1.807, 2.05) is 36.2 Å². The molecule has 1 aliphatic heterocycles. The van der Waals surface area contributed by atoms with Crippen molar-refractivity contribution in [2.24, 2.45) is 0 Å². The Labute approximate surface area is 178 Å². The largest absolute Gasteiger partial charge is 0.478 e. The average Bonchev–Trinajstić information content (AvgIpc) is 2.75. The molecule has 0 aromatic heterocycles. The summed E-state index contributed by atoms with van der Waals surface area (Å²) >= 11 is 0. The lowest BCUT2D eigenvalue weighted by Crippen LogP contribution is -2.50. The summed E-state index contributed by atoms with van der Waals surface area (Å²) in [6.45, 7) is 10.3. The van der Waals surface area contributed by atoms with E-state index in [9.17, 15) is 9.90 Å². The Morgan fingerprint density at radius 1 is 1.13 bits per heavy atom. The van der Waals surface area contributed by atoms with Crippen LogP contribution in [-0.2, 0) is 6.42 Å². The van der Waals surface area contributed by atoms with Gasteiger partial charge >= 0.3 is 5.97 Å². The van der Waals surface area contributed by atoms with Crippen molar-refractivity contribution < 1.29 is 15.0 Å². The average molecular weight is 408 g/mol. The zero-order chi connectivity index (χ0) is 21.6. The summed E-state index contributed by atoms with van der Waals surface area (Å²) in [5, 5.41) is 20.0. The Morgan fingerprint density at radius 2 is 1.77 bits per heavy atom. The van der Waals surface area contributed by atoms with Gasteiger partial charge in [-0.2, -0.15) is 0 Å². The molecule has 0 spiro atoms. The van der Waals surface area contributed by atoms with E-state index in [0.717, 1.165) is 51.0 Å². The lowest BCUT2D eigenvalue weighted by molar-refractivity contribution is -0.0141. The number of aliphatic hydroxyl groups is 1. The Balaban J connectivity index is 1.43. The van der Waals surface area contributed by atoms with E-state index >= 15 is 0 Å². The van der Waals surface area contributed by atoms with Crippen LogP contribution in [-0.4, -0.2) is 59.9 Å². The number of likely N-dealkylation sites (tertiary alicyclic amines) is 1. The smallest absolute Gasteiger partial charge is 0.335 e. The molecular formula is C24H29N3O3. The SMILES string of the molecule is [C-]#[N+]c1ccc(CCCN2CCC(O)(CN(C)c3ccc(C(=O)O)cc3)CC2)cc1. The quantitative estimate of drug-likeness (QED) is 0.651. The van der Waals surface area contributed by atoms with Gasteiger partial charge in [-0.15, -0.1) is 0 Å². The predicted octanol–water partition coefficient (Wildman–Crippen LogP) is 3.83. The van der Waals surface area contributed by atoms with Crippen LogP contribution in [0.2, 0.25) is 0 Å². The van der Waals surface area contributed by atoms with Crippen molar-refractivity contribution in [2.45, 2.75) is 31.3 Å². The molecule has 0 amide bonds. The van der Waals surface area contributed by atoms with Crippen LogP contribution in [0, 0.1) is 6.57 Å². The summed E-state index contributed by atoms with van der Waals surface area (Å²) in [5.74, 6) is -0.935. The van der Waals surface area contributed by atoms with E-state index in [2.05, 4.69) is 9.74 Å². The van der Waals surface area contributed by atoms with Gasteiger partial charge in [0.15, 0.2) is 5.69 Å². The summed E-state index contributed by atoms with van der Waals surface area (Å²) in [4.78, 5) is 18.8. The fourth-order valence-corrected chi connectivity index (χ4v) is 3.99. The molecule has 1 aliphatic rings. The van der Waals surface area contributed by atoms with Crippen LogP contribution < -0.4 is 4.90 Å². The molecular weight excluding hydrogens is 378 g/mol. The van der Waals surface area contributed by atoms with Crippen LogP contribution >= 0.6 is 0 Å². The molecule has 6 nitrogen and oxygen atoms in total. The predicted molar refractivity (Wildman–Crippen MR) is 118 cm³/mol. The molecule has 0 unspecified atom stereocenters. The molecule has 0 bridgehead atoms. The Morgan fingerprint density at radius 3 is 2.33 bits per heavy atom. The van der Waals surface area contributed by atoms with Gasteiger partial charge in [-0.25, -0.2) is 9.64 Å². The molecule has 2 N–H and O–H groups in total. The second-order valence-corrected chi connectivity index (χ2v) is 8.16. The third-order valence-corrected chi connectivity index (χ3v) is 5.88. The number of carbonyl (C=O) groups is 1. The number of hydrogen-bond acceptors (Lipinski definition) is 4. The van der Waals surface area contributed by atoms with Crippen molar-refractivity contribution in [2.75, 3.05) is 38.1 Å². The second-order valence-electron chi connectivity index (χ2n) is 8.16. The van der Waals surface area contributed by atoms with Gasteiger partial charge in [0.1, 0.15) is 0 Å². The van der Waals surface area contributed by atoms with Crippen molar-refractivity contribution >= 4 is 17.3 Å².